The van der Waals surface area contributed by atoms with E-state index < -0.39 is 0 Å². The summed E-state index contributed by atoms with van der Waals surface area (Å²) >= 11 is 0. The van der Waals surface area contributed by atoms with Gasteiger partial charge in [0.2, 0.25) is 0 Å². The number of piperidine rings is 1. The highest BCUT2D eigenvalue weighted by molar-refractivity contribution is 5.99. The average Bonchev–Trinajstić information content (AvgIpc) is 3.03. The van der Waals surface area contributed by atoms with Crippen LogP contribution >= 0.6 is 0 Å². The highest BCUT2D eigenvalue weighted by Gasteiger charge is 2.19. The van der Waals surface area contributed by atoms with Gasteiger partial charge >= 0.3 is 0 Å². The van der Waals surface area contributed by atoms with Gasteiger partial charge in [0, 0.05) is 37.1 Å². The Morgan fingerprint density at radius 3 is 2.96 bits per heavy atom. The van der Waals surface area contributed by atoms with Gasteiger partial charge in [-0.25, -0.2) is 9.50 Å². The maximum absolute atomic E-state index is 12.5. The zero-order chi connectivity index (χ0) is 16.9. The van der Waals surface area contributed by atoms with Crippen molar-refractivity contribution < 1.29 is 4.79 Å². The number of carbonyl (C=O) groups excluding carboxylic acids is 1. The molecule has 2 aromatic heterocycles. The van der Waals surface area contributed by atoms with E-state index in [-0.39, 0.29) is 11.9 Å². The summed E-state index contributed by atoms with van der Waals surface area (Å²) in [5, 5.41) is 10.7. The molecule has 3 rings (SSSR count). The molecule has 7 heteroatoms. The fraction of sp³-hybridized carbons (Fsp3) is 0.588. The summed E-state index contributed by atoms with van der Waals surface area (Å²) < 4.78 is 1.70. The van der Waals surface area contributed by atoms with Crippen molar-refractivity contribution in [3.05, 3.63) is 29.7 Å². The van der Waals surface area contributed by atoms with Crippen LogP contribution in [0.1, 0.15) is 42.6 Å². The van der Waals surface area contributed by atoms with Crippen LogP contribution < -0.4 is 10.6 Å². The Kier molecular flexibility index (Phi) is 5.42. The van der Waals surface area contributed by atoms with Crippen molar-refractivity contribution in [1.29, 1.82) is 0 Å². The van der Waals surface area contributed by atoms with Crippen molar-refractivity contribution in [3.8, 4) is 0 Å². The molecular weight excluding hydrogens is 304 g/mol. The minimum atomic E-state index is -0.0947. The van der Waals surface area contributed by atoms with Crippen LogP contribution in [0.4, 0.5) is 0 Å². The minimum Gasteiger partial charge on any atom is -0.348 e. The van der Waals surface area contributed by atoms with Gasteiger partial charge < -0.3 is 10.6 Å². The number of carbonyl (C=O) groups is 1. The molecule has 1 saturated heterocycles. The highest BCUT2D eigenvalue weighted by atomic mass is 16.1. The fourth-order valence-electron chi connectivity index (χ4n) is 3.10. The Bertz CT molecular complexity index is 687. The molecule has 2 aromatic rings. The molecular formula is C17H26N6O. The Balaban J connectivity index is 1.74. The van der Waals surface area contributed by atoms with E-state index in [0.29, 0.717) is 11.2 Å². The SMILES string of the molecule is CCN(CC)Cc1cnc2c(C(=O)N[C@@H]3CCCNC3)cnn2c1. The molecule has 0 unspecified atom stereocenters. The quantitative estimate of drug-likeness (QED) is 0.828. The van der Waals surface area contributed by atoms with E-state index in [0.717, 1.165) is 51.1 Å². The molecule has 0 radical (unpaired) electrons. The molecule has 1 aliphatic rings. The van der Waals surface area contributed by atoms with E-state index in [4.69, 9.17) is 0 Å². The smallest absolute Gasteiger partial charge is 0.257 e. The van der Waals surface area contributed by atoms with Gasteiger partial charge in [-0.3, -0.25) is 9.69 Å². The van der Waals surface area contributed by atoms with Crippen molar-refractivity contribution in [2.75, 3.05) is 26.2 Å². The molecule has 0 aromatic carbocycles. The number of aromatic nitrogens is 3. The van der Waals surface area contributed by atoms with Crippen LogP contribution in [0.3, 0.4) is 0 Å². The Hall–Kier alpha value is -1.99. The normalized spacial score (nSPS) is 18.2. The first-order chi connectivity index (χ1) is 11.7. The third-order valence-electron chi connectivity index (χ3n) is 4.59. The number of nitrogens with one attached hydrogen (secondary N) is 2. The Labute approximate surface area is 142 Å². The predicted octanol–water partition coefficient (Wildman–Crippen LogP) is 1.05. The Morgan fingerprint density at radius 1 is 1.42 bits per heavy atom. The lowest BCUT2D eigenvalue weighted by Gasteiger charge is -2.23. The number of amides is 1. The van der Waals surface area contributed by atoms with Gasteiger partial charge in [-0.1, -0.05) is 13.8 Å². The van der Waals surface area contributed by atoms with Gasteiger partial charge in [-0.2, -0.15) is 5.10 Å². The zero-order valence-corrected chi connectivity index (χ0v) is 14.5. The van der Waals surface area contributed by atoms with E-state index in [1.807, 2.05) is 12.4 Å². The molecule has 0 spiro atoms. The summed E-state index contributed by atoms with van der Waals surface area (Å²) in [4.78, 5) is 19.3. The van der Waals surface area contributed by atoms with Crippen LogP contribution in [0.5, 0.6) is 0 Å². The van der Waals surface area contributed by atoms with Gasteiger partial charge in [-0.15, -0.1) is 0 Å². The first kappa shape index (κ1) is 16.9. The third-order valence-corrected chi connectivity index (χ3v) is 4.59. The molecule has 3 heterocycles. The van der Waals surface area contributed by atoms with Crippen molar-refractivity contribution >= 4 is 11.6 Å². The van der Waals surface area contributed by atoms with E-state index >= 15 is 0 Å². The van der Waals surface area contributed by atoms with Crippen molar-refractivity contribution in [2.24, 2.45) is 0 Å². The third kappa shape index (κ3) is 3.73. The van der Waals surface area contributed by atoms with Crippen molar-refractivity contribution in [1.82, 2.24) is 30.1 Å². The number of nitrogens with zero attached hydrogens (tertiary/aromatic N) is 4. The fourth-order valence-corrected chi connectivity index (χ4v) is 3.10. The van der Waals surface area contributed by atoms with E-state index in [2.05, 4.69) is 39.5 Å². The van der Waals surface area contributed by atoms with Crippen LogP contribution in [0, 0.1) is 0 Å². The van der Waals surface area contributed by atoms with Crippen LogP contribution in [0.25, 0.3) is 5.65 Å². The van der Waals surface area contributed by atoms with Crippen LogP contribution in [-0.2, 0) is 6.54 Å². The summed E-state index contributed by atoms with van der Waals surface area (Å²) in [6, 6.07) is 0.183. The minimum absolute atomic E-state index is 0.0947. The van der Waals surface area contributed by atoms with Crippen LogP contribution in [0.15, 0.2) is 18.6 Å². The second-order valence-corrected chi connectivity index (χ2v) is 6.27. The van der Waals surface area contributed by atoms with Crippen LogP contribution in [-0.4, -0.2) is 57.6 Å². The molecule has 0 bridgehead atoms. The molecule has 1 fully saturated rings. The second-order valence-electron chi connectivity index (χ2n) is 6.27. The highest BCUT2D eigenvalue weighted by Crippen LogP contribution is 2.11. The average molecular weight is 330 g/mol. The number of rotatable bonds is 6. The van der Waals surface area contributed by atoms with Crippen molar-refractivity contribution in [2.45, 2.75) is 39.3 Å². The van der Waals surface area contributed by atoms with Gasteiger partial charge in [0.15, 0.2) is 5.65 Å². The molecule has 1 aliphatic heterocycles. The number of hydrogen-bond donors (Lipinski definition) is 2. The van der Waals surface area contributed by atoms with Gasteiger partial charge in [0.1, 0.15) is 5.56 Å². The standard InChI is InChI=1S/C17H26N6O/c1-3-22(4-2)11-13-8-19-16-15(10-20-23(16)12-13)17(24)21-14-6-5-7-18-9-14/h8,10,12,14,18H,3-7,9,11H2,1-2H3,(H,21,24)/t14-/m1/s1. The molecule has 130 valence electrons. The lowest BCUT2D eigenvalue weighted by molar-refractivity contribution is 0.0932. The molecule has 0 saturated carbocycles. The van der Waals surface area contributed by atoms with E-state index in [9.17, 15) is 4.79 Å². The first-order valence-corrected chi connectivity index (χ1v) is 8.77. The maximum Gasteiger partial charge on any atom is 0.257 e. The summed E-state index contributed by atoms with van der Waals surface area (Å²) in [6.45, 7) is 8.97. The largest absolute Gasteiger partial charge is 0.348 e. The van der Waals surface area contributed by atoms with Gasteiger partial charge in [0.25, 0.3) is 5.91 Å². The Morgan fingerprint density at radius 2 is 2.25 bits per heavy atom. The molecule has 1 amide bonds. The van der Waals surface area contributed by atoms with E-state index in [1.165, 1.54) is 0 Å². The number of hydrogen-bond acceptors (Lipinski definition) is 5. The maximum atomic E-state index is 12.5. The first-order valence-electron chi connectivity index (χ1n) is 8.77. The molecule has 1 atom stereocenters. The summed E-state index contributed by atoms with van der Waals surface area (Å²) in [5.41, 5.74) is 2.24. The summed E-state index contributed by atoms with van der Waals surface area (Å²) in [5.74, 6) is -0.0947. The molecule has 7 nitrogen and oxygen atoms in total. The van der Waals surface area contributed by atoms with Gasteiger partial charge in [-0.05, 0) is 32.5 Å². The molecule has 2 N–H and O–H groups in total. The lowest BCUT2D eigenvalue weighted by atomic mass is 10.1. The topological polar surface area (TPSA) is 74.6 Å². The molecule has 24 heavy (non-hydrogen) atoms. The summed E-state index contributed by atoms with van der Waals surface area (Å²) in [7, 11) is 0. The summed E-state index contributed by atoms with van der Waals surface area (Å²) in [6.07, 6.45) is 7.51. The lowest BCUT2D eigenvalue weighted by Crippen LogP contribution is -2.45. The molecule has 0 aliphatic carbocycles. The predicted molar refractivity (Wildman–Crippen MR) is 93.0 cm³/mol. The van der Waals surface area contributed by atoms with E-state index in [1.54, 1.807) is 10.7 Å². The zero-order valence-electron chi connectivity index (χ0n) is 14.5. The van der Waals surface area contributed by atoms with Crippen LogP contribution in [0.2, 0.25) is 0 Å². The van der Waals surface area contributed by atoms with Gasteiger partial charge in [0.05, 0.1) is 6.20 Å². The van der Waals surface area contributed by atoms with Crippen molar-refractivity contribution in [3.63, 3.8) is 0 Å². The second kappa shape index (κ2) is 7.72. The monoisotopic (exact) mass is 330 g/mol. The number of fused-ring (bicyclic) bond motifs is 1.